The zero-order chi connectivity index (χ0) is 19.8. The fourth-order valence-corrected chi connectivity index (χ4v) is 6.96. The number of rotatable bonds is 4. The van der Waals surface area contributed by atoms with E-state index in [2.05, 4.69) is 15.9 Å². The molecule has 1 saturated heterocycles. The van der Waals surface area contributed by atoms with E-state index in [0.717, 1.165) is 15.9 Å². The fraction of sp³-hybridized carbons (Fsp3) is 0.294. The molecule has 0 unspecified atom stereocenters. The molecule has 1 heterocycles. The third-order valence-corrected chi connectivity index (χ3v) is 9.16. The minimum Gasteiger partial charge on any atom is -0.207 e. The van der Waals surface area contributed by atoms with Gasteiger partial charge in [-0.05, 0) is 52.7 Å². The normalized spacial score (nSPS) is 17.1. The molecule has 2 aromatic carbocycles. The molecule has 1 fully saturated rings. The van der Waals surface area contributed by atoms with Gasteiger partial charge in [-0.25, -0.2) is 21.2 Å². The van der Waals surface area contributed by atoms with Crippen LogP contribution in [0.3, 0.4) is 0 Å². The summed E-state index contributed by atoms with van der Waals surface area (Å²) in [6.45, 7) is 1.76. The maximum absolute atomic E-state index is 13.9. The van der Waals surface area contributed by atoms with Crippen LogP contribution in [-0.2, 0) is 20.0 Å². The maximum atomic E-state index is 13.9. The van der Waals surface area contributed by atoms with Crippen molar-refractivity contribution in [2.24, 2.45) is 0 Å². The van der Waals surface area contributed by atoms with E-state index in [0.29, 0.717) is 4.47 Å². The average Bonchev–Trinajstić information content (AvgIpc) is 2.61. The van der Waals surface area contributed by atoms with Crippen molar-refractivity contribution in [1.29, 1.82) is 0 Å². The van der Waals surface area contributed by atoms with Crippen molar-refractivity contribution in [3.8, 4) is 0 Å². The lowest BCUT2D eigenvalue weighted by Gasteiger charge is -2.33. The molecule has 3 rings (SSSR count). The van der Waals surface area contributed by atoms with Crippen LogP contribution in [0.2, 0.25) is 0 Å². The van der Waals surface area contributed by atoms with Gasteiger partial charge in [-0.2, -0.15) is 8.61 Å². The quantitative estimate of drug-likeness (QED) is 0.679. The number of benzene rings is 2. The van der Waals surface area contributed by atoms with Gasteiger partial charge in [0, 0.05) is 30.7 Å². The number of piperazine rings is 1. The monoisotopic (exact) mass is 476 g/mol. The number of aryl methyl sites for hydroxylation is 1. The molecule has 0 spiro atoms. The van der Waals surface area contributed by atoms with Gasteiger partial charge in [-0.3, -0.25) is 0 Å². The van der Waals surface area contributed by atoms with Crippen molar-refractivity contribution >= 4 is 36.0 Å². The second-order valence-corrected chi connectivity index (χ2v) is 10.8. The predicted octanol–water partition coefficient (Wildman–Crippen LogP) is 2.59. The topological polar surface area (TPSA) is 74.8 Å². The third kappa shape index (κ3) is 3.95. The summed E-state index contributed by atoms with van der Waals surface area (Å²) in [4.78, 5) is -0.263. The Balaban J connectivity index is 1.80. The Morgan fingerprint density at radius 2 is 1.37 bits per heavy atom. The molecule has 0 radical (unpaired) electrons. The van der Waals surface area contributed by atoms with Crippen molar-refractivity contribution in [1.82, 2.24) is 8.61 Å². The number of sulfonamides is 2. The van der Waals surface area contributed by atoms with Crippen LogP contribution in [0.4, 0.5) is 4.39 Å². The Hall–Kier alpha value is -1.33. The summed E-state index contributed by atoms with van der Waals surface area (Å²) in [6, 6.07) is 10.1. The Bertz CT molecular complexity index is 1070. The summed E-state index contributed by atoms with van der Waals surface area (Å²) >= 11 is 3.28. The van der Waals surface area contributed by atoms with Crippen molar-refractivity contribution in [2.75, 3.05) is 26.2 Å². The second-order valence-electron chi connectivity index (χ2n) is 6.17. The van der Waals surface area contributed by atoms with E-state index < -0.39 is 30.8 Å². The first kappa shape index (κ1) is 20.4. The van der Waals surface area contributed by atoms with Gasteiger partial charge < -0.3 is 0 Å². The smallest absolute Gasteiger partial charge is 0.207 e. The molecule has 27 heavy (non-hydrogen) atoms. The van der Waals surface area contributed by atoms with E-state index in [-0.39, 0.29) is 31.1 Å². The highest BCUT2D eigenvalue weighted by Crippen LogP contribution is 2.28. The largest absolute Gasteiger partial charge is 0.246 e. The summed E-state index contributed by atoms with van der Waals surface area (Å²) in [7, 11) is -7.77. The van der Waals surface area contributed by atoms with Gasteiger partial charge >= 0.3 is 0 Å². The van der Waals surface area contributed by atoms with Crippen LogP contribution >= 0.6 is 15.9 Å². The minimum absolute atomic E-state index is 0.00364. The van der Waals surface area contributed by atoms with Gasteiger partial charge in [0.05, 0.1) is 4.90 Å². The number of hydrogen-bond donors (Lipinski definition) is 0. The summed E-state index contributed by atoms with van der Waals surface area (Å²) in [5.74, 6) is -0.823. The maximum Gasteiger partial charge on any atom is 0.246 e. The summed E-state index contributed by atoms with van der Waals surface area (Å²) < 4.78 is 67.7. The lowest BCUT2D eigenvalue weighted by molar-refractivity contribution is 0.272. The molecular formula is C17H18BrFN2O4S2. The first-order chi connectivity index (χ1) is 12.6. The molecule has 0 atom stereocenters. The van der Waals surface area contributed by atoms with E-state index in [1.807, 2.05) is 6.92 Å². The highest BCUT2D eigenvalue weighted by Gasteiger charge is 2.35. The zero-order valence-corrected chi connectivity index (χ0v) is 17.7. The van der Waals surface area contributed by atoms with Gasteiger partial charge in [-0.15, -0.1) is 0 Å². The Morgan fingerprint density at radius 3 is 1.89 bits per heavy atom. The molecule has 6 nitrogen and oxygen atoms in total. The highest BCUT2D eigenvalue weighted by molar-refractivity contribution is 9.10. The minimum atomic E-state index is -4.01. The molecule has 0 N–H and O–H groups in total. The number of hydrogen-bond acceptors (Lipinski definition) is 4. The predicted molar refractivity (Wildman–Crippen MR) is 103 cm³/mol. The lowest BCUT2D eigenvalue weighted by atomic mass is 10.2. The third-order valence-electron chi connectivity index (χ3n) is 4.36. The Morgan fingerprint density at radius 1 is 0.852 bits per heavy atom. The van der Waals surface area contributed by atoms with Crippen LogP contribution in [0.25, 0.3) is 0 Å². The van der Waals surface area contributed by atoms with E-state index in [4.69, 9.17) is 0 Å². The molecular weight excluding hydrogens is 459 g/mol. The lowest BCUT2D eigenvalue weighted by Crippen LogP contribution is -2.50. The van der Waals surface area contributed by atoms with E-state index >= 15 is 0 Å². The van der Waals surface area contributed by atoms with Crippen molar-refractivity contribution in [3.63, 3.8) is 0 Å². The van der Waals surface area contributed by atoms with Crippen molar-refractivity contribution < 1.29 is 21.2 Å². The van der Waals surface area contributed by atoms with Gasteiger partial charge in [-0.1, -0.05) is 18.2 Å². The highest BCUT2D eigenvalue weighted by atomic mass is 79.9. The average molecular weight is 477 g/mol. The molecule has 0 amide bonds. The number of nitrogens with zero attached hydrogens (tertiary/aromatic N) is 2. The first-order valence-corrected chi connectivity index (χ1v) is 11.8. The number of halogens is 2. The summed E-state index contributed by atoms with van der Waals surface area (Å²) in [5, 5.41) is 0. The van der Waals surface area contributed by atoms with Crippen LogP contribution < -0.4 is 0 Å². The summed E-state index contributed by atoms with van der Waals surface area (Å²) in [6.07, 6.45) is 0. The fourth-order valence-electron chi connectivity index (χ4n) is 2.90. The molecule has 0 bridgehead atoms. The Kier molecular flexibility index (Phi) is 5.74. The Labute approximate surface area is 166 Å². The molecule has 2 aromatic rings. The van der Waals surface area contributed by atoms with E-state index in [9.17, 15) is 21.2 Å². The van der Waals surface area contributed by atoms with Crippen LogP contribution in [0.15, 0.2) is 56.7 Å². The van der Waals surface area contributed by atoms with Gasteiger partial charge in [0.15, 0.2) is 0 Å². The van der Waals surface area contributed by atoms with Crippen LogP contribution in [0.5, 0.6) is 0 Å². The molecule has 1 aliphatic heterocycles. The zero-order valence-electron chi connectivity index (χ0n) is 14.5. The first-order valence-electron chi connectivity index (χ1n) is 8.15. The molecule has 0 aromatic heterocycles. The van der Waals surface area contributed by atoms with Crippen molar-refractivity contribution in [2.45, 2.75) is 16.7 Å². The molecule has 146 valence electrons. The van der Waals surface area contributed by atoms with Crippen molar-refractivity contribution in [3.05, 3.63) is 58.3 Å². The van der Waals surface area contributed by atoms with E-state index in [1.54, 1.807) is 12.1 Å². The van der Waals surface area contributed by atoms with Crippen LogP contribution in [0, 0.1) is 12.7 Å². The molecule has 1 aliphatic rings. The van der Waals surface area contributed by atoms with Gasteiger partial charge in [0.25, 0.3) is 0 Å². The SMILES string of the molecule is Cc1ccc(S(=O)(=O)N2CCN(S(=O)(=O)c3ccccc3F)CC2)c(Br)c1. The molecule has 10 heteroatoms. The van der Waals surface area contributed by atoms with Crippen LogP contribution in [-0.4, -0.2) is 51.6 Å². The van der Waals surface area contributed by atoms with Crippen LogP contribution in [0.1, 0.15) is 5.56 Å². The second kappa shape index (κ2) is 7.59. The van der Waals surface area contributed by atoms with E-state index in [1.165, 1.54) is 28.6 Å². The standard InChI is InChI=1S/C17H18BrFN2O4S2/c1-13-6-7-16(14(18)12-13)26(22,23)20-8-10-21(11-9-20)27(24,25)17-5-3-2-4-15(17)19/h2-7,12H,8-11H2,1H3. The molecule has 0 aliphatic carbocycles. The van der Waals surface area contributed by atoms with Gasteiger partial charge in [0.1, 0.15) is 10.7 Å². The summed E-state index contributed by atoms with van der Waals surface area (Å²) in [5.41, 5.74) is 0.918. The molecule has 0 saturated carbocycles. The van der Waals surface area contributed by atoms with Gasteiger partial charge in [0.2, 0.25) is 20.0 Å².